The number of aldehydes is 1. The van der Waals surface area contributed by atoms with E-state index in [2.05, 4.69) is 0 Å². The molecule has 0 spiro atoms. The second-order valence-corrected chi connectivity index (χ2v) is 4.34. The second kappa shape index (κ2) is 6.18. The Kier molecular flexibility index (Phi) is 4.88. The molecule has 0 radical (unpaired) electrons. The van der Waals surface area contributed by atoms with Crippen LogP contribution in [0, 0.1) is 5.92 Å². The van der Waals surface area contributed by atoms with E-state index in [1.54, 1.807) is 0 Å². The van der Waals surface area contributed by atoms with Gasteiger partial charge in [0.1, 0.15) is 6.29 Å². The highest BCUT2D eigenvalue weighted by atomic mass is 16.4. The van der Waals surface area contributed by atoms with Gasteiger partial charge in [0.15, 0.2) is 0 Å². The van der Waals surface area contributed by atoms with Crippen LogP contribution < -0.4 is 0 Å². The fraction of sp³-hybridized carbons (Fsp3) is 0.429. The zero-order chi connectivity index (χ0) is 12.8. The lowest BCUT2D eigenvalue weighted by molar-refractivity contribution is -0.136. The van der Waals surface area contributed by atoms with E-state index in [0.29, 0.717) is 6.42 Å². The maximum Gasteiger partial charge on any atom is 0.307 e. The lowest BCUT2D eigenvalue weighted by atomic mass is 9.95. The minimum Gasteiger partial charge on any atom is -0.481 e. The Bertz CT molecular complexity index is 410. The zero-order valence-corrected chi connectivity index (χ0v) is 10.3. The molecule has 17 heavy (non-hydrogen) atoms. The van der Waals surface area contributed by atoms with Gasteiger partial charge in [0, 0.05) is 5.92 Å². The Labute approximate surface area is 101 Å². The third-order valence-corrected chi connectivity index (χ3v) is 2.78. The van der Waals surface area contributed by atoms with Crippen LogP contribution >= 0.6 is 0 Å². The van der Waals surface area contributed by atoms with E-state index in [9.17, 15) is 9.59 Å². The average Bonchev–Trinajstić information content (AvgIpc) is 2.30. The Morgan fingerprint density at radius 1 is 1.41 bits per heavy atom. The van der Waals surface area contributed by atoms with Crippen molar-refractivity contribution in [1.82, 2.24) is 0 Å². The van der Waals surface area contributed by atoms with E-state index in [0.717, 1.165) is 29.4 Å². The van der Waals surface area contributed by atoms with E-state index in [1.165, 1.54) is 0 Å². The Balaban J connectivity index is 2.91. The molecule has 0 fully saturated rings. The maximum absolute atomic E-state index is 10.7. The van der Waals surface area contributed by atoms with Crippen molar-refractivity contribution in [2.45, 2.75) is 33.1 Å². The fourth-order valence-corrected chi connectivity index (χ4v) is 1.89. The third-order valence-electron chi connectivity index (χ3n) is 2.78. The van der Waals surface area contributed by atoms with Gasteiger partial charge in [-0.3, -0.25) is 4.79 Å². The number of hydrogen-bond acceptors (Lipinski definition) is 2. The molecule has 92 valence electrons. The van der Waals surface area contributed by atoms with E-state index in [4.69, 9.17) is 5.11 Å². The summed E-state index contributed by atoms with van der Waals surface area (Å²) in [6.45, 7) is 3.89. The summed E-state index contributed by atoms with van der Waals surface area (Å²) in [6, 6.07) is 5.79. The molecule has 1 aromatic rings. The largest absolute Gasteiger partial charge is 0.481 e. The Morgan fingerprint density at radius 3 is 2.65 bits per heavy atom. The highest BCUT2D eigenvalue weighted by Gasteiger charge is 2.08. The van der Waals surface area contributed by atoms with Crippen molar-refractivity contribution in [1.29, 1.82) is 0 Å². The number of aliphatic carboxylic acids is 1. The number of benzene rings is 1. The van der Waals surface area contributed by atoms with Crippen molar-refractivity contribution in [3.8, 4) is 0 Å². The van der Waals surface area contributed by atoms with Crippen LogP contribution in [0.15, 0.2) is 18.2 Å². The summed E-state index contributed by atoms with van der Waals surface area (Å²) in [5.41, 5.74) is 3.01. The first-order valence-corrected chi connectivity index (χ1v) is 5.84. The number of aryl methyl sites for hydroxylation is 1. The van der Waals surface area contributed by atoms with Crippen molar-refractivity contribution in [2.75, 3.05) is 0 Å². The number of rotatable bonds is 6. The number of carboxylic acid groups (broad SMARTS) is 1. The third kappa shape index (κ3) is 4.02. The normalized spacial score (nSPS) is 12.1. The quantitative estimate of drug-likeness (QED) is 0.768. The molecule has 0 aromatic heterocycles. The summed E-state index contributed by atoms with van der Waals surface area (Å²) in [5, 5.41) is 8.79. The number of carbonyl (C=O) groups is 2. The zero-order valence-electron chi connectivity index (χ0n) is 10.3. The van der Waals surface area contributed by atoms with E-state index in [1.807, 2.05) is 32.0 Å². The summed E-state index contributed by atoms with van der Waals surface area (Å²) in [7, 11) is 0. The minimum absolute atomic E-state index is 0.00466. The molecule has 0 aliphatic heterocycles. The SMILES string of the molecule is CCc1cc(CC(C)C=O)ccc1CC(=O)O. The van der Waals surface area contributed by atoms with Crippen LogP contribution in [-0.4, -0.2) is 17.4 Å². The van der Waals surface area contributed by atoms with Gasteiger partial charge in [-0.05, 0) is 29.5 Å². The van der Waals surface area contributed by atoms with Crippen LogP contribution in [0.4, 0.5) is 0 Å². The van der Waals surface area contributed by atoms with Crippen LogP contribution in [0.1, 0.15) is 30.5 Å². The van der Waals surface area contributed by atoms with Crippen LogP contribution in [-0.2, 0) is 28.9 Å². The molecule has 1 unspecified atom stereocenters. The fourth-order valence-electron chi connectivity index (χ4n) is 1.89. The van der Waals surface area contributed by atoms with E-state index >= 15 is 0 Å². The molecule has 1 atom stereocenters. The molecule has 0 bridgehead atoms. The molecule has 3 heteroatoms. The molecular weight excluding hydrogens is 216 g/mol. The molecular formula is C14H18O3. The van der Waals surface area contributed by atoms with Gasteiger partial charge in [0.05, 0.1) is 6.42 Å². The molecule has 0 saturated heterocycles. The first-order valence-electron chi connectivity index (χ1n) is 5.84. The number of carboxylic acids is 1. The molecule has 0 heterocycles. The average molecular weight is 234 g/mol. The summed E-state index contributed by atoms with van der Waals surface area (Å²) >= 11 is 0. The Hall–Kier alpha value is -1.64. The van der Waals surface area contributed by atoms with E-state index < -0.39 is 5.97 Å². The highest BCUT2D eigenvalue weighted by molar-refractivity contribution is 5.70. The first kappa shape index (κ1) is 13.4. The van der Waals surface area contributed by atoms with Crippen molar-refractivity contribution >= 4 is 12.3 Å². The summed E-state index contributed by atoms with van der Waals surface area (Å²) in [4.78, 5) is 21.3. The molecule has 1 rings (SSSR count). The van der Waals surface area contributed by atoms with Crippen molar-refractivity contribution in [2.24, 2.45) is 5.92 Å². The molecule has 0 aliphatic rings. The molecule has 1 N–H and O–H groups in total. The van der Waals surface area contributed by atoms with Gasteiger partial charge in [0.25, 0.3) is 0 Å². The number of hydrogen-bond donors (Lipinski definition) is 1. The molecule has 0 saturated carbocycles. The standard InChI is InChI=1S/C14H18O3/c1-3-12-7-11(6-10(2)9-15)4-5-13(12)8-14(16)17/h4-5,7,9-10H,3,6,8H2,1-2H3,(H,16,17). The molecule has 0 aliphatic carbocycles. The highest BCUT2D eigenvalue weighted by Crippen LogP contribution is 2.16. The smallest absolute Gasteiger partial charge is 0.307 e. The predicted molar refractivity (Wildman–Crippen MR) is 66.1 cm³/mol. The Morgan fingerprint density at radius 2 is 2.12 bits per heavy atom. The van der Waals surface area contributed by atoms with Gasteiger partial charge in [-0.15, -0.1) is 0 Å². The predicted octanol–water partition coefficient (Wildman–Crippen LogP) is 2.25. The molecule has 1 aromatic carbocycles. The monoisotopic (exact) mass is 234 g/mol. The van der Waals surface area contributed by atoms with Gasteiger partial charge < -0.3 is 9.90 Å². The van der Waals surface area contributed by atoms with Gasteiger partial charge >= 0.3 is 5.97 Å². The topological polar surface area (TPSA) is 54.4 Å². The summed E-state index contributed by atoms with van der Waals surface area (Å²) in [5.74, 6) is -0.807. The van der Waals surface area contributed by atoms with Gasteiger partial charge in [-0.2, -0.15) is 0 Å². The minimum atomic E-state index is -0.811. The van der Waals surface area contributed by atoms with Crippen LogP contribution in [0.25, 0.3) is 0 Å². The van der Waals surface area contributed by atoms with E-state index in [-0.39, 0.29) is 12.3 Å². The molecule has 0 amide bonds. The summed E-state index contributed by atoms with van der Waals surface area (Å²) < 4.78 is 0. The van der Waals surface area contributed by atoms with Crippen LogP contribution in [0.3, 0.4) is 0 Å². The van der Waals surface area contributed by atoms with Crippen molar-refractivity contribution < 1.29 is 14.7 Å². The van der Waals surface area contributed by atoms with Crippen molar-refractivity contribution in [3.63, 3.8) is 0 Å². The first-order chi connectivity index (χ1) is 8.06. The molecule has 3 nitrogen and oxygen atoms in total. The van der Waals surface area contributed by atoms with Gasteiger partial charge in [0.2, 0.25) is 0 Å². The number of carbonyl (C=O) groups excluding carboxylic acids is 1. The lowest BCUT2D eigenvalue weighted by Crippen LogP contribution is -2.06. The second-order valence-electron chi connectivity index (χ2n) is 4.34. The van der Waals surface area contributed by atoms with Crippen LogP contribution in [0.2, 0.25) is 0 Å². The maximum atomic E-state index is 10.7. The van der Waals surface area contributed by atoms with Gasteiger partial charge in [-0.25, -0.2) is 0 Å². The van der Waals surface area contributed by atoms with Crippen LogP contribution in [0.5, 0.6) is 0 Å². The van der Waals surface area contributed by atoms with Crippen molar-refractivity contribution in [3.05, 3.63) is 34.9 Å². The lowest BCUT2D eigenvalue weighted by Gasteiger charge is -2.10. The van der Waals surface area contributed by atoms with Gasteiger partial charge in [-0.1, -0.05) is 32.0 Å². The summed E-state index contributed by atoms with van der Waals surface area (Å²) in [6.07, 6.45) is 2.53.